The first kappa shape index (κ1) is 57.3. The Kier molecular flexibility index (Phi) is 13.6. The Balaban J connectivity index is 0.940. The van der Waals surface area contributed by atoms with E-state index in [9.17, 15) is 25.2 Å². The molecule has 0 bridgehead atoms. The lowest BCUT2D eigenvalue weighted by Gasteiger charge is -2.75. The molecule has 3 aliphatic heterocycles. The topological polar surface area (TPSA) is 187 Å². The number of nitrogens with zero attached hydrogens (tertiary/aromatic N) is 1. The molecule has 7 saturated carbocycles. The summed E-state index contributed by atoms with van der Waals surface area (Å²) >= 11 is 0. The van der Waals surface area contributed by atoms with E-state index in [1.54, 1.807) is 0 Å². The molecular weight excluding hydrogens is 1040 g/mol. The van der Waals surface area contributed by atoms with Crippen LogP contribution >= 0.6 is 0 Å². The standard InChI is InChI=1S/C71H99N3O9/c1-63(2)62(83-63)53(78)34-64(3)24-18-43-37-73-58-49(51(40-75)45-29-44(42-15-10-8-11-16-42)30-46(31-45)71(81)27-28-82-69(41-71)21-12-9-13-22-69)38-74(59(43)58)39-50-56-57(64)52(77)35-66(56,5)65(4)25-20-54-67(6,61(65)60(50)80)68(26-19-48(76)33-68)36-55(79)70(54)23-14-17-47(32-70)72-7/h29-31,37-38,40,42,47-48,50-51,53-54,60-62,72-73,76,78,80-81H,8-28,32-36,39,41H2,1-7H3. The van der Waals surface area contributed by atoms with Gasteiger partial charge < -0.3 is 49.6 Å². The van der Waals surface area contributed by atoms with Gasteiger partial charge in [-0.05, 0) is 184 Å². The van der Waals surface area contributed by atoms with Crippen LogP contribution in [0.1, 0.15) is 242 Å². The molecule has 1 aromatic carbocycles. The minimum Gasteiger partial charge on any atom is -0.393 e. The molecule has 2 aromatic heterocycles. The lowest BCUT2D eigenvalue weighted by atomic mass is 9.29. The third-order valence-electron chi connectivity index (χ3n) is 27.2. The number of hydrogen-bond acceptors (Lipinski definition) is 10. The minimum absolute atomic E-state index is 0.00542. The molecule has 3 spiro atoms. The maximum Gasteiger partial charge on any atom is 0.160 e. The second-order valence-corrected chi connectivity index (χ2v) is 31.7. The van der Waals surface area contributed by atoms with E-state index in [1.165, 1.54) is 18.4 Å². The van der Waals surface area contributed by atoms with Gasteiger partial charge in [0.15, 0.2) is 5.78 Å². The van der Waals surface area contributed by atoms with Gasteiger partial charge in [-0.3, -0.25) is 9.59 Å². The van der Waals surface area contributed by atoms with Crippen LogP contribution in [0, 0.1) is 50.2 Å². The second-order valence-electron chi connectivity index (χ2n) is 31.7. The van der Waals surface area contributed by atoms with Crippen LogP contribution in [0.4, 0.5) is 0 Å². The van der Waals surface area contributed by atoms with Gasteiger partial charge in [0.2, 0.25) is 0 Å². The average molecular weight is 1140 g/mol. The molecule has 14 rings (SSSR count). The van der Waals surface area contributed by atoms with Crippen molar-refractivity contribution in [2.24, 2.45) is 50.2 Å². The van der Waals surface area contributed by atoms with Gasteiger partial charge in [-0.1, -0.05) is 90.8 Å². The first-order chi connectivity index (χ1) is 39.5. The predicted octanol–water partition coefficient (Wildman–Crippen LogP) is 11.9. The summed E-state index contributed by atoms with van der Waals surface area (Å²) in [7, 11) is 2.04. The number of aryl methyl sites for hydroxylation is 1. The van der Waals surface area contributed by atoms with Gasteiger partial charge in [0.25, 0.3) is 0 Å². The monoisotopic (exact) mass is 1140 g/mol. The molecule has 5 heterocycles. The number of carbonyl (C=O) groups excluding carboxylic acids is 3. The van der Waals surface area contributed by atoms with Crippen LogP contribution in [0.15, 0.2) is 41.7 Å². The zero-order chi connectivity index (χ0) is 58.1. The number of H-pyrrole nitrogens is 1. The summed E-state index contributed by atoms with van der Waals surface area (Å²) in [4.78, 5) is 49.5. The van der Waals surface area contributed by atoms with Gasteiger partial charge in [-0.2, -0.15) is 0 Å². The summed E-state index contributed by atoms with van der Waals surface area (Å²) in [6.07, 6.45) is 24.3. The van der Waals surface area contributed by atoms with Crippen LogP contribution in [0.25, 0.3) is 11.0 Å². The Labute approximate surface area is 493 Å². The fourth-order valence-corrected chi connectivity index (χ4v) is 22.9. The number of aldehydes is 1. The van der Waals surface area contributed by atoms with E-state index in [1.807, 2.05) is 20.9 Å². The number of aromatic nitrogens is 2. The molecule has 6 N–H and O–H groups in total. The van der Waals surface area contributed by atoms with Crippen molar-refractivity contribution < 1.29 is 44.3 Å². The van der Waals surface area contributed by atoms with Crippen molar-refractivity contribution in [3.63, 3.8) is 0 Å². The van der Waals surface area contributed by atoms with Crippen LogP contribution in [-0.4, -0.2) is 103 Å². The molecule has 452 valence electrons. The van der Waals surface area contributed by atoms with E-state index >= 15 is 9.59 Å². The molecule has 12 nitrogen and oxygen atoms in total. The average Bonchev–Trinajstić information content (AvgIpc) is 1.73. The highest BCUT2D eigenvalue weighted by Gasteiger charge is 2.78. The van der Waals surface area contributed by atoms with Crippen molar-refractivity contribution in [3.8, 4) is 0 Å². The van der Waals surface area contributed by atoms with Crippen LogP contribution in [-0.2, 0) is 42.4 Å². The van der Waals surface area contributed by atoms with Crippen molar-refractivity contribution in [3.05, 3.63) is 69.6 Å². The number of carbonyl (C=O) groups is 3. The number of fused-ring (bicyclic) bond motifs is 6. The Hall–Kier alpha value is -3.49. The predicted molar refractivity (Wildman–Crippen MR) is 320 cm³/mol. The summed E-state index contributed by atoms with van der Waals surface area (Å²) < 4.78 is 15.1. The molecule has 83 heavy (non-hydrogen) atoms. The van der Waals surface area contributed by atoms with E-state index < -0.39 is 73.8 Å². The van der Waals surface area contributed by atoms with Gasteiger partial charge in [-0.25, -0.2) is 0 Å². The van der Waals surface area contributed by atoms with Crippen LogP contribution in [0.2, 0.25) is 0 Å². The number of benzene rings is 1. The molecule has 9 fully saturated rings. The first-order valence-corrected chi connectivity index (χ1v) is 33.4. The van der Waals surface area contributed by atoms with Crippen molar-refractivity contribution in [2.75, 3.05) is 13.7 Å². The Morgan fingerprint density at radius 1 is 0.855 bits per heavy atom. The van der Waals surface area contributed by atoms with Crippen molar-refractivity contribution in [1.29, 1.82) is 0 Å². The number of ether oxygens (including phenoxy) is 2. The van der Waals surface area contributed by atoms with Gasteiger partial charge in [0.05, 0.1) is 58.7 Å². The Morgan fingerprint density at radius 3 is 2.33 bits per heavy atom. The number of Topliss-reactive ketones (excluding diaryl/α,β-unsaturated/α-hetero) is 2. The van der Waals surface area contributed by atoms with E-state index in [-0.39, 0.29) is 35.4 Å². The number of nitrogens with one attached hydrogen (secondary N) is 2. The van der Waals surface area contributed by atoms with Gasteiger partial charge in [0, 0.05) is 78.5 Å². The fraction of sp³-hybridized carbons (Fsp3) is 0.761. The van der Waals surface area contributed by atoms with Gasteiger partial charge in [0.1, 0.15) is 18.2 Å². The maximum absolute atomic E-state index is 15.9. The normalized spacial score (nSPS) is 42.9. The fourth-order valence-electron chi connectivity index (χ4n) is 22.9. The number of hydrogen-bond donors (Lipinski definition) is 6. The number of rotatable bonds is 9. The van der Waals surface area contributed by atoms with Crippen molar-refractivity contribution >= 4 is 28.9 Å². The van der Waals surface area contributed by atoms with Gasteiger partial charge in [-0.15, -0.1) is 0 Å². The number of aliphatic hydroxyl groups is 4. The van der Waals surface area contributed by atoms with Crippen molar-refractivity contribution in [2.45, 2.75) is 274 Å². The zero-order valence-corrected chi connectivity index (χ0v) is 51.3. The Bertz CT molecular complexity index is 3120. The lowest BCUT2D eigenvalue weighted by Crippen LogP contribution is -2.73. The van der Waals surface area contributed by atoms with Crippen LogP contribution in [0.5, 0.6) is 0 Å². The number of epoxide rings is 1. The molecule has 12 heteroatoms. The largest absolute Gasteiger partial charge is 0.393 e. The van der Waals surface area contributed by atoms with E-state index in [4.69, 9.17) is 9.47 Å². The van der Waals surface area contributed by atoms with Crippen LogP contribution < -0.4 is 5.32 Å². The van der Waals surface area contributed by atoms with E-state index in [0.717, 1.165) is 147 Å². The smallest absolute Gasteiger partial charge is 0.160 e. The summed E-state index contributed by atoms with van der Waals surface area (Å²) in [5.41, 5.74) is 3.14. The van der Waals surface area contributed by atoms with E-state index in [0.29, 0.717) is 82.6 Å². The third kappa shape index (κ3) is 8.36. The van der Waals surface area contributed by atoms with Crippen LogP contribution in [0.3, 0.4) is 0 Å². The summed E-state index contributed by atoms with van der Waals surface area (Å²) in [6, 6.07) is 6.94. The summed E-state index contributed by atoms with van der Waals surface area (Å²) in [6.45, 7) is 14.3. The maximum atomic E-state index is 15.9. The molecular formula is C71H99N3O9. The van der Waals surface area contributed by atoms with Gasteiger partial charge >= 0.3 is 0 Å². The molecule has 16 atom stereocenters. The zero-order valence-electron chi connectivity index (χ0n) is 51.3. The summed E-state index contributed by atoms with van der Waals surface area (Å²) in [5.74, 6) is -0.686. The lowest BCUT2D eigenvalue weighted by molar-refractivity contribution is -0.267. The Morgan fingerprint density at radius 2 is 1.61 bits per heavy atom. The third-order valence-corrected chi connectivity index (χ3v) is 27.2. The molecule has 0 amide bonds. The molecule has 11 aliphatic rings. The van der Waals surface area contributed by atoms with E-state index in [2.05, 4.69) is 73.2 Å². The molecule has 0 radical (unpaired) electrons. The number of aromatic amines is 1. The van der Waals surface area contributed by atoms with Crippen molar-refractivity contribution in [1.82, 2.24) is 14.9 Å². The second kappa shape index (κ2) is 19.8. The first-order valence-electron chi connectivity index (χ1n) is 33.4. The molecule has 16 unspecified atom stereocenters. The highest BCUT2D eigenvalue weighted by atomic mass is 16.6. The molecule has 8 aliphatic carbocycles. The molecule has 3 aromatic rings. The highest BCUT2D eigenvalue weighted by molar-refractivity contribution is 6.02. The number of ketones is 2. The number of aliphatic hydroxyl groups excluding tert-OH is 3. The number of allylic oxidation sites excluding steroid dienone is 1. The molecule has 2 saturated heterocycles. The SMILES string of the molecule is CNC1CCCC2(C1)C(=O)CC1(CCC(O)C1)C1(C)C2CCC2(C)C1C(O)C1Cn3cc(C(C=O)c4cc(C5CCCCC5)cc(C5(O)CCOC6(CCCCC6)C5)c4)c4[nH]cc(c43)CCC(C)(CC(O)C3OC3(C)C)C3=C1C2(C)CC3=O. The quantitative estimate of drug-likeness (QED) is 0.0889. The highest BCUT2D eigenvalue weighted by Crippen LogP contribution is 2.81. The summed E-state index contributed by atoms with van der Waals surface area (Å²) in [5, 5.41) is 55.3. The minimum atomic E-state index is -1.09.